The Morgan fingerprint density at radius 2 is 2.05 bits per heavy atom. The summed E-state index contributed by atoms with van der Waals surface area (Å²) >= 11 is 0. The van der Waals surface area contributed by atoms with E-state index in [1.165, 1.54) is 12.5 Å². The number of halogens is 1. The summed E-state index contributed by atoms with van der Waals surface area (Å²) in [5.74, 6) is -0.357. The highest BCUT2D eigenvalue weighted by Gasteiger charge is 2.26. The molecule has 0 aromatic heterocycles. The summed E-state index contributed by atoms with van der Waals surface area (Å²) in [6, 6.07) is 4.90. The van der Waals surface area contributed by atoms with Crippen LogP contribution in [0, 0.1) is 5.82 Å². The van der Waals surface area contributed by atoms with Crippen molar-refractivity contribution in [1.82, 2.24) is 9.80 Å². The zero-order valence-corrected chi connectivity index (χ0v) is 11.8. The van der Waals surface area contributed by atoms with Crippen LogP contribution in [0.5, 0.6) is 5.75 Å². The van der Waals surface area contributed by atoms with Gasteiger partial charge in [-0.05, 0) is 37.2 Å². The van der Waals surface area contributed by atoms with Crippen LogP contribution >= 0.6 is 0 Å². The number of benzene rings is 1. The largest absolute Gasteiger partial charge is 0.508 e. The van der Waals surface area contributed by atoms with Gasteiger partial charge >= 0.3 is 0 Å². The van der Waals surface area contributed by atoms with E-state index >= 15 is 0 Å². The zero-order valence-electron chi connectivity index (χ0n) is 11.8. The number of phenols is 1. The quantitative estimate of drug-likeness (QED) is 0.887. The Morgan fingerprint density at radius 1 is 1.32 bits per heavy atom. The third kappa shape index (κ3) is 3.67. The fourth-order valence-electron chi connectivity index (χ4n) is 2.98. The number of rotatable bonds is 5. The molecule has 0 radical (unpaired) electrons. The maximum absolute atomic E-state index is 13.2. The second-order valence-corrected chi connectivity index (χ2v) is 5.22. The van der Waals surface area contributed by atoms with E-state index in [1.54, 1.807) is 6.07 Å². The van der Waals surface area contributed by atoms with Crippen molar-refractivity contribution < 1.29 is 9.50 Å². The van der Waals surface area contributed by atoms with Gasteiger partial charge in [0.05, 0.1) is 0 Å². The lowest BCUT2D eigenvalue weighted by molar-refractivity contribution is 0.209. The van der Waals surface area contributed by atoms with Crippen molar-refractivity contribution in [3.05, 3.63) is 29.6 Å². The molecular weight excluding hydrogens is 243 g/mol. The minimum Gasteiger partial charge on any atom is -0.508 e. The predicted molar refractivity (Wildman–Crippen MR) is 74.7 cm³/mol. The first-order valence-electron chi connectivity index (χ1n) is 7.07. The zero-order chi connectivity index (χ0) is 13.8. The van der Waals surface area contributed by atoms with Gasteiger partial charge < -0.3 is 5.11 Å². The average Bonchev–Trinajstić information content (AvgIpc) is 2.78. The number of aromatic hydroxyl groups is 1. The van der Waals surface area contributed by atoms with E-state index in [1.807, 2.05) is 0 Å². The monoisotopic (exact) mass is 266 g/mol. The number of phenolic OH excluding ortho intramolecular Hbond substituents is 1. The molecule has 0 aliphatic carbocycles. The number of likely N-dealkylation sites (N-methyl/N-ethyl adjacent to an activating group) is 1. The summed E-state index contributed by atoms with van der Waals surface area (Å²) in [4.78, 5) is 4.81. The molecular formula is C15H23FN2O. The third-order valence-electron chi connectivity index (χ3n) is 3.92. The Bertz CT molecular complexity index is 400. The Labute approximate surface area is 114 Å². The van der Waals surface area contributed by atoms with Gasteiger partial charge in [-0.25, -0.2) is 4.39 Å². The summed E-state index contributed by atoms with van der Waals surface area (Å²) in [6.07, 6.45) is 1.17. The maximum atomic E-state index is 13.2. The van der Waals surface area contributed by atoms with E-state index in [9.17, 15) is 9.50 Å². The maximum Gasteiger partial charge on any atom is 0.127 e. The lowest BCUT2D eigenvalue weighted by Gasteiger charge is -2.26. The molecule has 1 aliphatic rings. The van der Waals surface area contributed by atoms with Gasteiger partial charge in [-0.3, -0.25) is 9.80 Å². The van der Waals surface area contributed by atoms with E-state index in [2.05, 4.69) is 23.6 Å². The second kappa shape index (κ2) is 6.35. The molecule has 1 fully saturated rings. The standard InChI is InChI=1S/C15H23FN2O/c1-3-18(4-2)14-5-6-17(11-14)10-12-7-13(16)9-15(19)8-12/h7-9,14,19H,3-6,10-11H2,1-2H3. The summed E-state index contributed by atoms with van der Waals surface area (Å²) in [5.41, 5.74) is 0.845. The van der Waals surface area contributed by atoms with Gasteiger partial charge in [0.1, 0.15) is 11.6 Å². The van der Waals surface area contributed by atoms with Gasteiger partial charge in [-0.2, -0.15) is 0 Å². The van der Waals surface area contributed by atoms with Gasteiger partial charge in [0.2, 0.25) is 0 Å². The van der Waals surface area contributed by atoms with E-state index in [-0.39, 0.29) is 11.6 Å². The van der Waals surface area contributed by atoms with Crippen LogP contribution < -0.4 is 0 Å². The lowest BCUT2D eigenvalue weighted by atomic mass is 10.2. The Kier molecular flexibility index (Phi) is 4.77. The second-order valence-electron chi connectivity index (χ2n) is 5.22. The summed E-state index contributed by atoms with van der Waals surface area (Å²) in [6.45, 7) is 9.32. The molecule has 0 spiro atoms. The third-order valence-corrected chi connectivity index (χ3v) is 3.92. The van der Waals surface area contributed by atoms with Crippen molar-refractivity contribution in [1.29, 1.82) is 0 Å². The van der Waals surface area contributed by atoms with E-state index in [0.717, 1.165) is 37.8 Å². The normalized spacial score (nSPS) is 20.3. The van der Waals surface area contributed by atoms with Crippen LogP contribution in [0.4, 0.5) is 4.39 Å². The SMILES string of the molecule is CCN(CC)C1CCN(Cc2cc(O)cc(F)c2)C1. The topological polar surface area (TPSA) is 26.7 Å². The molecule has 2 rings (SSSR count). The van der Waals surface area contributed by atoms with Crippen molar-refractivity contribution in [3.8, 4) is 5.75 Å². The molecule has 1 heterocycles. The molecule has 0 bridgehead atoms. The Balaban J connectivity index is 1.94. The molecule has 1 atom stereocenters. The summed E-state index contributed by atoms with van der Waals surface area (Å²) in [5, 5.41) is 9.42. The molecule has 106 valence electrons. The smallest absolute Gasteiger partial charge is 0.127 e. The highest BCUT2D eigenvalue weighted by atomic mass is 19.1. The van der Waals surface area contributed by atoms with Crippen molar-refractivity contribution in [2.24, 2.45) is 0 Å². The number of likely N-dealkylation sites (tertiary alicyclic amines) is 1. The van der Waals surface area contributed by atoms with Crippen molar-refractivity contribution in [3.63, 3.8) is 0 Å². The van der Waals surface area contributed by atoms with Gasteiger partial charge in [-0.15, -0.1) is 0 Å². The van der Waals surface area contributed by atoms with Crippen LogP contribution in [0.2, 0.25) is 0 Å². The highest BCUT2D eigenvalue weighted by Crippen LogP contribution is 2.20. The summed E-state index contributed by atoms with van der Waals surface area (Å²) < 4.78 is 13.2. The van der Waals surface area contributed by atoms with E-state index < -0.39 is 0 Å². The van der Waals surface area contributed by atoms with Crippen LogP contribution in [0.1, 0.15) is 25.8 Å². The van der Waals surface area contributed by atoms with Crippen molar-refractivity contribution in [2.75, 3.05) is 26.2 Å². The Morgan fingerprint density at radius 3 is 2.68 bits per heavy atom. The average molecular weight is 266 g/mol. The van der Waals surface area contributed by atoms with Gasteiger partial charge in [0.15, 0.2) is 0 Å². The molecule has 1 saturated heterocycles. The lowest BCUT2D eigenvalue weighted by Crippen LogP contribution is -2.37. The number of hydrogen-bond acceptors (Lipinski definition) is 3. The van der Waals surface area contributed by atoms with Crippen molar-refractivity contribution in [2.45, 2.75) is 32.9 Å². The molecule has 1 unspecified atom stereocenters. The number of hydrogen-bond donors (Lipinski definition) is 1. The fourth-order valence-corrected chi connectivity index (χ4v) is 2.98. The molecule has 1 N–H and O–H groups in total. The molecule has 1 aromatic rings. The van der Waals surface area contributed by atoms with Gasteiger partial charge in [0.25, 0.3) is 0 Å². The summed E-state index contributed by atoms with van der Waals surface area (Å²) in [7, 11) is 0. The minimum atomic E-state index is -0.366. The van der Waals surface area contributed by atoms with E-state index in [4.69, 9.17) is 0 Å². The predicted octanol–water partition coefficient (Wildman–Crippen LogP) is 2.45. The first kappa shape index (κ1) is 14.3. The Hall–Kier alpha value is -1.13. The van der Waals surface area contributed by atoms with Crippen LogP contribution in [0.3, 0.4) is 0 Å². The van der Waals surface area contributed by atoms with Crippen LogP contribution in [0.25, 0.3) is 0 Å². The van der Waals surface area contributed by atoms with Crippen LogP contribution in [0.15, 0.2) is 18.2 Å². The molecule has 3 nitrogen and oxygen atoms in total. The number of nitrogens with zero attached hydrogens (tertiary/aromatic N) is 2. The highest BCUT2D eigenvalue weighted by molar-refractivity contribution is 5.28. The molecule has 1 aliphatic heterocycles. The first-order valence-corrected chi connectivity index (χ1v) is 7.07. The van der Waals surface area contributed by atoms with Crippen molar-refractivity contribution >= 4 is 0 Å². The van der Waals surface area contributed by atoms with Crippen LogP contribution in [-0.4, -0.2) is 47.1 Å². The van der Waals surface area contributed by atoms with Gasteiger partial charge in [0, 0.05) is 31.7 Å². The molecule has 0 saturated carbocycles. The van der Waals surface area contributed by atoms with Gasteiger partial charge in [-0.1, -0.05) is 13.8 Å². The molecule has 1 aromatic carbocycles. The van der Waals surface area contributed by atoms with Crippen LogP contribution in [-0.2, 0) is 6.54 Å². The molecule has 4 heteroatoms. The fraction of sp³-hybridized carbons (Fsp3) is 0.600. The molecule has 0 amide bonds. The molecule has 19 heavy (non-hydrogen) atoms. The first-order chi connectivity index (χ1) is 9.12. The minimum absolute atomic E-state index is 0.00879. The van der Waals surface area contributed by atoms with E-state index in [0.29, 0.717) is 12.6 Å².